The first-order valence-corrected chi connectivity index (χ1v) is 15.4. The lowest BCUT2D eigenvalue weighted by molar-refractivity contribution is 0.0947. The zero-order valence-electron chi connectivity index (χ0n) is 21.6. The third kappa shape index (κ3) is 4.66. The highest BCUT2D eigenvalue weighted by atomic mass is 32.1. The van der Waals surface area contributed by atoms with E-state index in [1.165, 1.54) is 28.0 Å². The molecule has 0 radical (unpaired) electrons. The van der Waals surface area contributed by atoms with Crippen LogP contribution in [0.4, 0.5) is 4.39 Å². The van der Waals surface area contributed by atoms with Crippen molar-refractivity contribution in [1.29, 1.82) is 0 Å². The Morgan fingerprint density at radius 1 is 1.16 bits per heavy atom. The second kappa shape index (κ2) is 8.99. The smallest absolute Gasteiger partial charge is 0.274 e. The molecule has 0 aliphatic heterocycles. The van der Waals surface area contributed by atoms with Crippen LogP contribution in [0.25, 0.3) is 21.3 Å². The van der Waals surface area contributed by atoms with Gasteiger partial charge in [0.2, 0.25) is 0 Å². The van der Waals surface area contributed by atoms with Gasteiger partial charge in [0.15, 0.2) is 0 Å². The van der Waals surface area contributed by atoms with E-state index < -0.39 is 7.14 Å². The van der Waals surface area contributed by atoms with Gasteiger partial charge in [0.1, 0.15) is 35.7 Å². The first kappa shape index (κ1) is 25.5. The minimum Gasteiger partial charge on any atom is -0.455 e. The molecule has 1 aliphatic carbocycles. The van der Waals surface area contributed by atoms with E-state index in [0.717, 1.165) is 18.4 Å². The number of rotatable bonds is 6. The highest BCUT2D eigenvalue weighted by Gasteiger charge is 2.29. The van der Waals surface area contributed by atoms with Crippen molar-refractivity contribution in [2.75, 3.05) is 13.3 Å². The maximum Gasteiger partial charge on any atom is 0.274 e. The van der Waals surface area contributed by atoms with Crippen molar-refractivity contribution in [3.63, 3.8) is 0 Å². The van der Waals surface area contributed by atoms with Gasteiger partial charge in [-0.1, -0.05) is 0 Å². The van der Waals surface area contributed by atoms with Crippen molar-refractivity contribution in [3.05, 3.63) is 63.0 Å². The third-order valence-corrected chi connectivity index (χ3v) is 10.6. The number of aromatic amines is 1. The number of fused-ring (bicyclic) bond motifs is 1. The molecule has 4 aromatic rings. The summed E-state index contributed by atoms with van der Waals surface area (Å²) in [6, 6.07) is 4.69. The maximum atomic E-state index is 14.0. The van der Waals surface area contributed by atoms with Crippen molar-refractivity contribution < 1.29 is 18.5 Å². The number of H-pyrrole nitrogens is 1. The fourth-order valence-corrected chi connectivity index (χ4v) is 7.65. The molecule has 37 heavy (non-hydrogen) atoms. The molecule has 7 nitrogen and oxygen atoms in total. The molecular formula is C27H29FN3O4PS. The Morgan fingerprint density at radius 3 is 2.41 bits per heavy atom. The summed E-state index contributed by atoms with van der Waals surface area (Å²) in [4.78, 5) is 29.5. The number of nitrogens with one attached hydrogen (secondary N) is 2. The van der Waals surface area contributed by atoms with E-state index in [0.29, 0.717) is 54.3 Å². The van der Waals surface area contributed by atoms with E-state index in [9.17, 15) is 18.5 Å². The average Bonchev–Trinajstić information content (AvgIpc) is 3.38. The minimum atomic E-state index is -2.68. The van der Waals surface area contributed by atoms with Crippen LogP contribution >= 0.6 is 18.5 Å². The SMILES string of the molecule is Cc1cc(F)cc(C)c1Oc1c(-c2cn(C)c(=O)c3[nH]c(C(=O)NC4CC4)cc23)sc(P(C)(C)=O)c1C. The molecular weight excluding hydrogens is 512 g/mol. The Bertz CT molecular complexity index is 1670. The normalized spacial score (nSPS) is 13.8. The third-order valence-electron chi connectivity index (χ3n) is 6.55. The Kier molecular flexibility index (Phi) is 6.20. The van der Waals surface area contributed by atoms with Crippen LogP contribution in [0.15, 0.2) is 29.2 Å². The van der Waals surface area contributed by atoms with E-state index in [4.69, 9.17) is 4.74 Å². The molecule has 1 saturated carbocycles. The number of aryl methyl sites for hydroxylation is 3. The molecule has 0 saturated heterocycles. The molecule has 0 spiro atoms. The standard InChI is InChI=1S/C27H29FN3O4PS/c1-13-9-16(28)10-14(2)22(13)35-23-15(3)27(36(5,6)34)37-24(23)19-12-31(4)26(33)21-18(19)11-20(30-21)25(32)29-17-7-8-17/h9-12,17,30H,7-8H2,1-6H3,(H,29,32). The predicted octanol–water partition coefficient (Wildman–Crippen LogP) is 5.59. The summed E-state index contributed by atoms with van der Waals surface area (Å²) in [6.07, 6.45) is 3.62. The van der Waals surface area contributed by atoms with Crippen molar-refractivity contribution in [2.45, 2.75) is 39.7 Å². The van der Waals surface area contributed by atoms with E-state index >= 15 is 0 Å². The number of aromatic nitrogens is 2. The van der Waals surface area contributed by atoms with Gasteiger partial charge in [0.05, 0.1) is 9.50 Å². The molecule has 194 valence electrons. The summed E-state index contributed by atoms with van der Waals surface area (Å²) >= 11 is 1.36. The molecule has 2 N–H and O–H groups in total. The second-order valence-electron chi connectivity index (χ2n) is 10.2. The largest absolute Gasteiger partial charge is 0.455 e. The van der Waals surface area contributed by atoms with Gasteiger partial charge in [-0.3, -0.25) is 9.59 Å². The average molecular weight is 542 g/mol. The number of benzene rings is 1. The van der Waals surface area contributed by atoms with E-state index in [1.807, 2.05) is 6.92 Å². The van der Waals surface area contributed by atoms with Crippen LogP contribution in [-0.2, 0) is 11.6 Å². The van der Waals surface area contributed by atoms with Gasteiger partial charge >= 0.3 is 0 Å². The summed E-state index contributed by atoms with van der Waals surface area (Å²) in [6.45, 7) is 8.84. The lowest BCUT2D eigenvalue weighted by atomic mass is 10.1. The fraction of sp³-hybridized carbons (Fsp3) is 0.333. The molecule has 1 aliphatic rings. The molecule has 10 heteroatoms. The lowest BCUT2D eigenvalue weighted by Crippen LogP contribution is -2.25. The summed E-state index contributed by atoms with van der Waals surface area (Å²) in [5.41, 5.74) is 3.05. The first-order chi connectivity index (χ1) is 17.3. The number of hydrogen-bond acceptors (Lipinski definition) is 5. The summed E-state index contributed by atoms with van der Waals surface area (Å²) in [7, 11) is -1.03. The summed E-state index contributed by atoms with van der Waals surface area (Å²) in [5.74, 6) is 0.431. The molecule has 3 aromatic heterocycles. The van der Waals surface area contributed by atoms with Crippen LogP contribution in [0.1, 0.15) is 40.0 Å². The maximum absolute atomic E-state index is 14.0. The number of amides is 1. The lowest BCUT2D eigenvalue weighted by Gasteiger charge is -2.15. The van der Waals surface area contributed by atoms with Gasteiger partial charge < -0.3 is 24.2 Å². The number of carbonyl (C=O) groups is 1. The van der Waals surface area contributed by atoms with Crippen LogP contribution in [0.5, 0.6) is 11.5 Å². The molecule has 3 heterocycles. The van der Waals surface area contributed by atoms with E-state index in [2.05, 4.69) is 10.3 Å². The Labute approximate surface area is 218 Å². The highest BCUT2D eigenvalue weighted by Crippen LogP contribution is 2.50. The van der Waals surface area contributed by atoms with Crippen molar-refractivity contribution in [2.24, 2.45) is 7.05 Å². The van der Waals surface area contributed by atoms with Crippen molar-refractivity contribution in [1.82, 2.24) is 14.9 Å². The van der Waals surface area contributed by atoms with Crippen LogP contribution in [0.3, 0.4) is 0 Å². The first-order valence-electron chi connectivity index (χ1n) is 12.0. The van der Waals surface area contributed by atoms with Crippen LogP contribution in [-0.4, -0.2) is 34.8 Å². The summed E-state index contributed by atoms with van der Waals surface area (Å²) < 4.78 is 35.9. The van der Waals surface area contributed by atoms with Crippen molar-refractivity contribution >= 4 is 39.9 Å². The zero-order valence-corrected chi connectivity index (χ0v) is 23.3. The van der Waals surface area contributed by atoms with Gasteiger partial charge in [0, 0.05) is 35.8 Å². The molecule has 0 unspecified atom stereocenters. The number of carbonyl (C=O) groups excluding carboxylic acids is 1. The number of nitrogens with zero attached hydrogens (tertiary/aromatic N) is 1. The Morgan fingerprint density at radius 2 is 1.81 bits per heavy atom. The van der Waals surface area contributed by atoms with Crippen LogP contribution < -0.4 is 20.2 Å². The van der Waals surface area contributed by atoms with Crippen LogP contribution in [0, 0.1) is 26.6 Å². The molecule has 1 aromatic carbocycles. The van der Waals surface area contributed by atoms with Gasteiger partial charge in [0.25, 0.3) is 11.5 Å². The van der Waals surface area contributed by atoms with Gasteiger partial charge in [-0.05, 0) is 76.3 Å². The zero-order chi connectivity index (χ0) is 26.8. The Balaban J connectivity index is 1.75. The van der Waals surface area contributed by atoms with Gasteiger partial charge in [-0.15, -0.1) is 11.3 Å². The highest BCUT2D eigenvalue weighted by molar-refractivity contribution is 7.76. The fourth-order valence-electron chi connectivity index (χ4n) is 4.59. The van der Waals surface area contributed by atoms with Crippen LogP contribution in [0.2, 0.25) is 0 Å². The number of halogens is 1. The predicted molar refractivity (Wildman–Crippen MR) is 147 cm³/mol. The van der Waals surface area contributed by atoms with Crippen molar-refractivity contribution in [3.8, 4) is 21.9 Å². The van der Waals surface area contributed by atoms with Gasteiger partial charge in [-0.2, -0.15) is 0 Å². The number of hydrogen-bond donors (Lipinski definition) is 2. The number of ether oxygens (including phenoxy) is 1. The van der Waals surface area contributed by atoms with Gasteiger partial charge in [-0.25, -0.2) is 4.39 Å². The van der Waals surface area contributed by atoms with E-state index in [1.54, 1.807) is 46.5 Å². The Hall–Kier alpha value is -3.16. The monoisotopic (exact) mass is 541 g/mol. The summed E-state index contributed by atoms with van der Waals surface area (Å²) in [5, 5.41) is 3.53. The topological polar surface area (TPSA) is 93.2 Å². The quantitative estimate of drug-likeness (QED) is 0.311. The molecule has 1 amide bonds. The molecule has 0 atom stereocenters. The molecule has 1 fully saturated rings. The number of pyridine rings is 1. The molecule has 5 rings (SSSR count). The molecule has 0 bridgehead atoms. The second-order valence-corrected chi connectivity index (χ2v) is 14.7. The minimum absolute atomic E-state index is 0.175. The van der Waals surface area contributed by atoms with E-state index in [-0.39, 0.29) is 23.3 Å². The number of thiophene rings is 1.